The van der Waals surface area contributed by atoms with Gasteiger partial charge < -0.3 is 19.4 Å². The molecule has 2 aromatic carbocycles. The molecule has 2 aromatic heterocycles. The molecule has 4 aromatic rings. The van der Waals surface area contributed by atoms with Gasteiger partial charge in [0.25, 0.3) is 0 Å². The van der Waals surface area contributed by atoms with Gasteiger partial charge in [0.2, 0.25) is 0 Å². The van der Waals surface area contributed by atoms with E-state index in [-0.39, 0.29) is 0 Å². The van der Waals surface area contributed by atoms with E-state index in [1.807, 2.05) is 29.1 Å². The monoisotopic (exact) mass is 377 g/mol. The summed E-state index contributed by atoms with van der Waals surface area (Å²) >= 11 is 0. The van der Waals surface area contributed by atoms with Crippen LogP contribution in [0, 0.1) is 13.8 Å². The van der Waals surface area contributed by atoms with Crippen molar-refractivity contribution in [2.45, 2.75) is 46.4 Å². The number of hydrogen-bond acceptors (Lipinski definition) is 4. The van der Waals surface area contributed by atoms with Gasteiger partial charge in [-0.25, -0.2) is 4.98 Å². The molecular formula is C23H27N3O2. The molecule has 0 radical (unpaired) electrons. The third-order valence-electron chi connectivity index (χ3n) is 5.43. The minimum Gasteiger partial charge on any atom is -0.461 e. The predicted octanol–water partition coefficient (Wildman–Crippen LogP) is 4.11. The number of aliphatic hydroxyl groups is 1. The molecule has 5 nitrogen and oxygen atoms in total. The number of fused-ring (bicyclic) bond motifs is 2. The van der Waals surface area contributed by atoms with Crippen molar-refractivity contribution in [1.29, 1.82) is 0 Å². The summed E-state index contributed by atoms with van der Waals surface area (Å²) in [5.74, 6) is 1.01. The number of aromatic nitrogens is 2. The number of nitrogens with one attached hydrogen (secondary N) is 1. The molecule has 0 saturated heterocycles. The predicted molar refractivity (Wildman–Crippen MR) is 113 cm³/mol. The van der Waals surface area contributed by atoms with E-state index in [4.69, 9.17) is 4.42 Å². The lowest BCUT2D eigenvalue weighted by Crippen LogP contribution is -2.30. The number of para-hydroxylation sites is 1. The van der Waals surface area contributed by atoms with E-state index in [0.717, 1.165) is 34.2 Å². The molecule has 146 valence electrons. The molecule has 0 aliphatic heterocycles. The minimum atomic E-state index is -0.498. The number of nitrogens with zero attached hydrogens (tertiary/aromatic N) is 2. The summed E-state index contributed by atoms with van der Waals surface area (Å²) in [4.78, 5) is 4.47. The Labute approximate surface area is 165 Å². The van der Waals surface area contributed by atoms with E-state index in [2.05, 4.69) is 49.3 Å². The molecule has 0 unspecified atom stereocenters. The summed E-state index contributed by atoms with van der Waals surface area (Å²) in [5, 5.41) is 15.1. The first-order chi connectivity index (χ1) is 13.6. The number of rotatable bonds is 7. The molecule has 0 saturated carbocycles. The van der Waals surface area contributed by atoms with Gasteiger partial charge in [-0.3, -0.25) is 0 Å². The van der Waals surface area contributed by atoms with Crippen LogP contribution in [0.3, 0.4) is 0 Å². The average Bonchev–Trinajstić information content (AvgIpc) is 3.23. The van der Waals surface area contributed by atoms with E-state index in [1.165, 1.54) is 16.7 Å². The molecule has 2 N–H and O–H groups in total. The van der Waals surface area contributed by atoms with E-state index in [1.54, 1.807) is 0 Å². The highest BCUT2D eigenvalue weighted by Crippen LogP contribution is 2.26. The maximum Gasteiger partial charge on any atom is 0.134 e. The summed E-state index contributed by atoms with van der Waals surface area (Å²) in [6, 6.07) is 12.4. The van der Waals surface area contributed by atoms with Gasteiger partial charge >= 0.3 is 0 Å². The Bertz CT molecular complexity index is 1110. The quantitative estimate of drug-likeness (QED) is 0.509. The van der Waals surface area contributed by atoms with Crippen LogP contribution in [0.4, 0.5) is 0 Å². The SMILES string of the molecule is CCc1oc2ccccc2c1CNC[C@H](O)Cn1cnc2cc(C)c(C)cc21. The maximum absolute atomic E-state index is 10.5. The van der Waals surface area contributed by atoms with Crippen LogP contribution in [-0.4, -0.2) is 27.3 Å². The first kappa shape index (κ1) is 18.7. The Hall–Kier alpha value is -2.63. The normalized spacial score (nSPS) is 12.9. The highest BCUT2D eigenvalue weighted by molar-refractivity contribution is 5.82. The standard InChI is InChI=1S/C23H27N3O2/c1-4-22-19(18-7-5-6-8-23(18)28-22)12-24-11-17(27)13-26-14-25-20-9-15(2)16(3)10-21(20)26/h5-10,14,17,24,27H,4,11-13H2,1-3H3/t17-/m0/s1. The molecule has 4 rings (SSSR count). The zero-order valence-corrected chi connectivity index (χ0v) is 16.7. The second-order valence-corrected chi connectivity index (χ2v) is 7.46. The van der Waals surface area contributed by atoms with Crippen molar-refractivity contribution < 1.29 is 9.52 Å². The van der Waals surface area contributed by atoms with Crippen LogP contribution in [0.25, 0.3) is 22.0 Å². The number of hydrogen-bond donors (Lipinski definition) is 2. The molecular weight excluding hydrogens is 350 g/mol. The fourth-order valence-electron chi connectivity index (χ4n) is 3.74. The molecule has 0 aliphatic rings. The van der Waals surface area contributed by atoms with Gasteiger partial charge in [-0.15, -0.1) is 0 Å². The summed E-state index contributed by atoms with van der Waals surface area (Å²) in [5.41, 5.74) is 6.62. The van der Waals surface area contributed by atoms with Crippen LogP contribution in [0.2, 0.25) is 0 Å². The van der Waals surface area contributed by atoms with Crippen molar-refractivity contribution in [2.75, 3.05) is 6.54 Å². The molecule has 0 fully saturated rings. The molecule has 1 atom stereocenters. The Kier molecular flexibility index (Phi) is 5.20. The summed E-state index contributed by atoms with van der Waals surface area (Å²) in [6.07, 6.45) is 2.17. The van der Waals surface area contributed by atoms with Gasteiger partial charge in [0, 0.05) is 30.5 Å². The first-order valence-corrected chi connectivity index (χ1v) is 9.87. The molecule has 5 heteroatoms. The lowest BCUT2D eigenvalue weighted by Gasteiger charge is -2.14. The zero-order chi connectivity index (χ0) is 19.7. The fourth-order valence-corrected chi connectivity index (χ4v) is 3.74. The van der Waals surface area contributed by atoms with Gasteiger partial charge in [0.1, 0.15) is 11.3 Å². The van der Waals surface area contributed by atoms with Gasteiger partial charge in [-0.1, -0.05) is 25.1 Å². The van der Waals surface area contributed by atoms with Crippen LogP contribution >= 0.6 is 0 Å². The minimum absolute atomic E-state index is 0.498. The van der Waals surface area contributed by atoms with Gasteiger partial charge in [-0.05, 0) is 43.2 Å². The molecule has 0 spiro atoms. The number of aliphatic hydroxyl groups excluding tert-OH is 1. The Balaban J connectivity index is 1.42. The molecule has 28 heavy (non-hydrogen) atoms. The highest BCUT2D eigenvalue weighted by Gasteiger charge is 2.14. The van der Waals surface area contributed by atoms with Crippen LogP contribution in [0.15, 0.2) is 47.1 Å². The van der Waals surface area contributed by atoms with Crippen LogP contribution in [0.1, 0.15) is 29.4 Å². The fraction of sp³-hybridized carbons (Fsp3) is 0.348. The number of furan rings is 1. The van der Waals surface area contributed by atoms with Crippen molar-refractivity contribution in [3.8, 4) is 0 Å². The number of imidazole rings is 1. The third kappa shape index (κ3) is 3.55. The summed E-state index contributed by atoms with van der Waals surface area (Å²) in [6.45, 7) is 8.00. The van der Waals surface area contributed by atoms with E-state index in [9.17, 15) is 5.11 Å². The molecule has 2 heterocycles. The molecule has 0 amide bonds. The third-order valence-corrected chi connectivity index (χ3v) is 5.43. The van der Waals surface area contributed by atoms with Crippen molar-refractivity contribution in [3.05, 3.63) is 65.2 Å². The highest BCUT2D eigenvalue weighted by atomic mass is 16.3. The zero-order valence-electron chi connectivity index (χ0n) is 16.7. The van der Waals surface area contributed by atoms with Crippen molar-refractivity contribution >= 4 is 22.0 Å². The van der Waals surface area contributed by atoms with Gasteiger partial charge in [0.05, 0.1) is 30.0 Å². The van der Waals surface area contributed by atoms with Crippen LogP contribution < -0.4 is 5.32 Å². The van der Waals surface area contributed by atoms with Crippen molar-refractivity contribution in [3.63, 3.8) is 0 Å². The first-order valence-electron chi connectivity index (χ1n) is 9.87. The van der Waals surface area contributed by atoms with Crippen LogP contribution in [-0.2, 0) is 19.5 Å². The van der Waals surface area contributed by atoms with E-state index < -0.39 is 6.10 Å². The number of aryl methyl sites for hydroxylation is 3. The second kappa shape index (κ2) is 7.78. The Morgan fingerprint density at radius 1 is 1.18 bits per heavy atom. The summed E-state index contributed by atoms with van der Waals surface area (Å²) < 4.78 is 7.97. The largest absolute Gasteiger partial charge is 0.461 e. The average molecular weight is 377 g/mol. The van der Waals surface area contributed by atoms with E-state index in [0.29, 0.717) is 19.6 Å². The van der Waals surface area contributed by atoms with Crippen molar-refractivity contribution in [2.24, 2.45) is 0 Å². The molecule has 0 aliphatic carbocycles. The summed E-state index contributed by atoms with van der Waals surface area (Å²) in [7, 11) is 0. The second-order valence-electron chi connectivity index (χ2n) is 7.46. The van der Waals surface area contributed by atoms with E-state index >= 15 is 0 Å². The molecule has 0 bridgehead atoms. The van der Waals surface area contributed by atoms with Crippen molar-refractivity contribution in [1.82, 2.24) is 14.9 Å². The van der Waals surface area contributed by atoms with Gasteiger partial charge in [-0.2, -0.15) is 0 Å². The smallest absolute Gasteiger partial charge is 0.134 e. The maximum atomic E-state index is 10.5. The Morgan fingerprint density at radius 3 is 2.79 bits per heavy atom. The topological polar surface area (TPSA) is 63.2 Å². The van der Waals surface area contributed by atoms with Gasteiger partial charge in [0.15, 0.2) is 0 Å². The van der Waals surface area contributed by atoms with Crippen LogP contribution in [0.5, 0.6) is 0 Å². The lowest BCUT2D eigenvalue weighted by molar-refractivity contribution is 0.152. The number of benzene rings is 2. The Morgan fingerprint density at radius 2 is 1.96 bits per heavy atom. The lowest BCUT2D eigenvalue weighted by atomic mass is 10.1.